The molecule has 2 aromatic heterocycles. The van der Waals surface area contributed by atoms with Crippen molar-refractivity contribution in [3.63, 3.8) is 0 Å². The molecule has 0 spiro atoms. The van der Waals surface area contributed by atoms with Crippen molar-refractivity contribution >= 4 is 16.7 Å². The molecule has 0 saturated heterocycles. The van der Waals surface area contributed by atoms with E-state index >= 15 is 0 Å². The molecule has 3 aromatic rings. The van der Waals surface area contributed by atoms with E-state index in [0.29, 0.717) is 4.57 Å². The molecule has 1 atom stereocenters. The number of carbonyl (C=O) groups is 1. The van der Waals surface area contributed by atoms with Crippen molar-refractivity contribution in [1.29, 1.82) is 0 Å². The number of imidazole rings is 1. The van der Waals surface area contributed by atoms with E-state index in [2.05, 4.69) is 4.98 Å². The van der Waals surface area contributed by atoms with Gasteiger partial charge < -0.3 is 9.13 Å². The maximum atomic E-state index is 13.7. The Labute approximate surface area is 144 Å². The molecule has 0 saturated carbocycles. The van der Waals surface area contributed by atoms with Gasteiger partial charge in [-0.05, 0) is 25.8 Å². The molecular formula is C18H19N3O. The number of aromatic nitrogens is 3. The average Bonchev–Trinajstić information content (AvgIpc) is 3.19. The number of hydrogen-bond acceptors (Lipinski definition) is 2. The van der Waals surface area contributed by atoms with Crippen LogP contribution in [0.2, 0.25) is 0 Å². The zero-order chi connectivity index (χ0) is 24.7. The standard InChI is InChI=1S/C18H19N3O/c1-12-19-9-10-21(12)11-13-7-8-16-17(18(13)22)14-5-3-4-6-15(14)20(16)2/h3-6,9-10,13H,7-8,11H2,1-2H3/i1D3,2D3,9D,10D,11D2,13D. The minimum Gasteiger partial charge on any atom is -0.347 e. The summed E-state index contributed by atoms with van der Waals surface area (Å²) in [5.41, 5.74) is 0.273. The van der Waals surface area contributed by atoms with E-state index in [1.807, 2.05) is 0 Å². The molecule has 1 aliphatic carbocycles. The van der Waals surface area contributed by atoms with Gasteiger partial charge in [-0.15, -0.1) is 0 Å². The van der Waals surface area contributed by atoms with E-state index in [1.54, 1.807) is 12.1 Å². The molecule has 0 radical (unpaired) electrons. The molecule has 4 rings (SSSR count). The van der Waals surface area contributed by atoms with Crippen molar-refractivity contribution < 1.29 is 19.9 Å². The third-order valence-corrected chi connectivity index (χ3v) is 3.87. The number of rotatable bonds is 2. The largest absolute Gasteiger partial charge is 0.347 e. The lowest BCUT2D eigenvalue weighted by atomic mass is 9.85. The second-order valence-electron chi connectivity index (χ2n) is 5.09. The molecule has 0 fully saturated rings. The van der Waals surface area contributed by atoms with Gasteiger partial charge in [-0.1, -0.05) is 18.2 Å². The van der Waals surface area contributed by atoms with Crippen LogP contribution in [0.25, 0.3) is 10.9 Å². The molecule has 1 aromatic carbocycles. The normalized spacial score (nSPS) is 30.4. The van der Waals surface area contributed by atoms with Crippen LogP contribution in [0.3, 0.4) is 0 Å². The van der Waals surface area contributed by atoms with E-state index in [-0.39, 0.29) is 28.6 Å². The number of nitrogens with zero attached hydrogens (tertiary/aromatic N) is 3. The van der Waals surface area contributed by atoms with Crippen LogP contribution in [0, 0.1) is 12.7 Å². The summed E-state index contributed by atoms with van der Waals surface area (Å²) in [5, 5.41) is 0.245. The fourth-order valence-electron chi connectivity index (χ4n) is 2.84. The summed E-state index contributed by atoms with van der Waals surface area (Å²) in [6.07, 6.45) is -2.28. The lowest BCUT2D eigenvalue weighted by Gasteiger charge is -2.23. The van der Waals surface area contributed by atoms with E-state index in [4.69, 9.17) is 15.1 Å². The first-order chi connectivity index (χ1) is 15.0. The van der Waals surface area contributed by atoms with Crippen LogP contribution in [-0.4, -0.2) is 19.9 Å². The van der Waals surface area contributed by atoms with Gasteiger partial charge in [0.05, 0.1) is 5.48 Å². The number of fused-ring (bicyclic) bond motifs is 3. The Bertz CT molecular complexity index is 1280. The van der Waals surface area contributed by atoms with Crippen LogP contribution >= 0.6 is 0 Å². The molecule has 0 amide bonds. The summed E-state index contributed by atoms with van der Waals surface area (Å²) < 4.78 is 89.9. The molecule has 4 heteroatoms. The molecule has 0 aliphatic heterocycles. The van der Waals surface area contributed by atoms with Crippen LogP contribution in [0.1, 0.15) is 43.4 Å². The van der Waals surface area contributed by atoms with Crippen LogP contribution in [-0.2, 0) is 19.9 Å². The molecule has 1 aliphatic rings. The van der Waals surface area contributed by atoms with E-state index in [9.17, 15) is 4.79 Å². The Kier molecular flexibility index (Phi) is 1.32. The maximum absolute atomic E-state index is 13.7. The number of aryl methyl sites for hydroxylation is 2. The van der Waals surface area contributed by atoms with Crippen molar-refractivity contribution in [2.75, 3.05) is 0 Å². The van der Waals surface area contributed by atoms with Crippen LogP contribution in [0.15, 0.2) is 36.6 Å². The zero-order valence-corrected chi connectivity index (χ0v) is 11.5. The highest BCUT2D eigenvalue weighted by Crippen LogP contribution is 2.34. The van der Waals surface area contributed by atoms with Gasteiger partial charge >= 0.3 is 0 Å². The van der Waals surface area contributed by atoms with E-state index < -0.39 is 56.6 Å². The number of carbonyl (C=O) groups excluding carboxylic acids is 1. The first-order valence-corrected chi connectivity index (χ1v) is 6.78. The van der Waals surface area contributed by atoms with Crippen LogP contribution in [0.5, 0.6) is 0 Å². The van der Waals surface area contributed by atoms with Gasteiger partial charge in [0.2, 0.25) is 0 Å². The van der Waals surface area contributed by atoms with Gasteiger partial charge in [-0.2, -0.15) is 0 Å². The van der Waals surface area contributed by atoms with Gasteiger partial charge in [-0.25, -0.2) is 4.98 Å². The van der Waals surface area contributed by atoms with E-state index in [0.717, 1.165) is 4.57 Å². The van der Waals surface area contributed by atoms with Gasteiger partial charge in [0.1, 0.15) is 5.82 Å². The van der Waals surface area contributed by atoms with Gasteiger partial charge in [0.15, 0.2) is 5.78 Å². The highest BCUT2D eigenvalue weighted by molar-refractivity contribution is 6.11. The zero-order valence-electron chi connectivity index (χ0n) is 22.5. The molecule has 2 heterocycles. The monoisotopic (exact) mass is 304 g/mol. The number of ketones is 1. The van der Waals surface area contributed by atoms with Crippen molar-refractivity contribution in [2.45, 2.75) is 26.2 Å². The van der Waals surface area contributed by atoms with Crippen LogP contribution in [0.4, 0.5) is 0 Å². The molecule has 22 heavy (non-hydrogen) atoms. The summed E-state index contributed by atoms with van der Waals surface area (Å²) >= 11 is 0. The fraction of sp³-hybridized carbons (Fsp3) is 0.333. The lowest BCUT2D eigenvalue weighted by molar-refractivity contribution is 0.0888. The Morgan fingerprint density at radius 2 is 2.45 bits per heavy atom. The van der Waals surface area contributed by atoms with Crippen LogP contribution < -0.4 is 0 Å². The minimum atomic E-state index is -3.07. The minimum absolute atomic E-state index is 0.111. The predicted molar refractivity (Wildman–Crippen MR) is 86.0 cm³/mol. The Morgan fingerprint density at radius 1 is 1.55 bits per heavy atom. The Balaban J connectivity index is 1.97. The first kappa shape index (κ1) is 6.03. The highest BCUT2D eigenvalue weighted by Gasteiger charge is 2.32. The summed E-state index contributed by atoms with van der Waals surface area (Å²) in [5.74, 6) is -4.53. The third-order valence-electron chi connectivity index (χ3n) is 3.87. The van der Waals surface area contributed by atoms with Gasteiger partial charge in [0, 0.05) is 63.5 Å². The molecular weight excluding hydrogens is 274 g/mol. The Morgan fingerprint density at radius 3 is 3.32 bits per heavy atom. The van der Waals surface area contributed by atoms with E-state index in [1.165, 1.54) is 12.1 Å². The molecule has 4 nitrogen and oxygen atoms in total. The lowest BCUT2D eigenvalue weighted by Crippen LogP contribution is -2.27. The fourth-order valence-corrected chi connectivity index (χ4v) is 2.84. The molecule has 0 bridgehead atoms. The molecule has 112 valence electrons. The summed E-state index contributed by atoms with van der Waals surface area (Å²) in [6, 6.07) is 6.22. The quantitative estimate of drug-likeness (QED) is 0.730. The second-order valence-corrected chi connectivity index (χ2v) is 5.09. The number of benzene rings is 1. The smallest absolute Gasteiger partial charge is 0.170 e. The van der Waals surface area contributed by atoms with Crippen molar-refractivity contribution in [3.8, 4) is 0 Å². The topological polar surface area (TPSA) is 39.8 Å². The number of hydrogen-bond donors (Lipinski definition) is 0. The number of Topliss-reactive ketones (excluding diaryl/α,β-unsaturated/α-hetero) is 1. The first-order valence-electron chi connectivity index (χ1n) is 12.3. The third kappa shape index (κ3) is 1.83. The summed E-state index contributed by atoms with van der Waals surface area (Å²) in [6.45, 7) is -8.70. The highest BCUT2D eigenvalue weighted by atomic mass is 16.1. The van der Waals surface area contributed by atoms with Gasteiger partial charge in [-0.3, -0.25) is 4.79 Å². The average molecular weight is 304 g/mol. The van der Waals surface area contributed by atoms with Crippen molar-refractivity contribution in [2.24, 2.45) is 12.9 Å². The van der Waals surface area contributed by atoms with Crippen molar-refractivity contribution in [3.05, 3.63) is 53.7 Å². The predicted octanol–water partition coefficient (Wildman–Crippen LogP) is 3.13. The SMILES string of the molecule is [2H]c1nc(C([2H])([2H])[2H])n(C([2H])([2H])C2([2H])CCc3c(c4ccccc4n3C([2H])([2H])[2H])C2=O)c1[2H]. The van der Waals surface area contributed by atoms with Gasteiger partial charge in [0.25, 0.3) is 0 Å². The second kappa shape index (κ2) is 4.83. The maximum Gasteiger partial charge on any atom is 0.170 e. The van der Waals surface area contributed by atoms with Crippen molar-refractivity contribution in [1.82, 2.24) is 14.1 Å². The summed E-state index contributed by atoms with van der Waals surface area (Å²) in [7, 11) is 0. The number of para-hydroxylation sites is 1. The molecule has 1 unspecified atom stereocenters. The molecule has 0 N–H and O–H groups in total. The Hall–Kier alpha value is -2.36. The summed E-state index contributed by atoms with van der Waals surface area (Å²) in [4.78, 5) is 17.2.